The van der Waals surface area contributed by atoms with Gasteiger partial charge in [-0.05, 0) is 24.6 Å². The monoisotopic (exact) mass is 254 g/mol. The van der Waals surface area contributed by atoms with Crippen molar-refractivity contribution in [1.29, 1.82) is 0 Å². The molecule has 2 rings (SSSR count). The summed E-state index contributed by atoms with van der Waals surface area (Å²) in [6.07, 6.45) is 0. The van der Waals surface area contributed by atoms with E-state index < -0.39 is 0 Å². The molecule has 0 saturated carbocycles. The second kappa shape index (κ2) is 4.76. The number of benzene rings is 1. The summed E-state index contributed by atoms with van der Waals surface area (Å²) in [7, 11) is 0. The molecule has 0 amide bonds. The van der Waals surface area contributed by atoms with Gasteiger partial charge in [0.2, 0.25) is 5.16 Å². The van der Waals surface area contributed by atoms with Crippen LogP contribution in [0, 0.1) is 6.92 Å². The average molecular weight is 255 g/mol. The van der Waals surface area contributed by atoms with Crippen molar-refractivity contribution in [3.63, 3.8) is 0 Å². The van der Waals surface area contributed by atoms with Gasteiger partial charge in [0.05, 0.1) is 0 Å². The SMILES string of the molecule is Cc1nc(SCc2ccc(Cl)cc2N)n[nH]1. The summed E-state index contributed by atoms with van der Waals surface area (Å²) in [5, 5.41) is 8.21. The molecule has 0 unspecified atom stereocenters. The molecule has 0 aliphatic carbocycles. The van der Waals surface area contributed by atoms with Crippen molar-refractivity contribution in [2.75, 3.05) is 5.73 Å². The molecule has 1 aromatic heterocycles. The van der Waals surface area contributed by atoms with Crippen molar-refractivity contribution in [3.05, 3.63) is 34.6 Å². The highest BCUT2D eigenvalue weighted by Gasteiger charge is 2.04. The second-order valence-corrected chi connectivity index (χ2v) is 4.71. The first-order valence-electron chi connectivity index (χ1n) is 4.71. The minimum atomic E-state index is 0.653. The molecule has 3 N–H and O–H groups in total. The van der Waals surface area contributed by atoms with Gasteiger partial charge in [-0.1, -0.05) is 29.4 Å². The molecule has 1 heterocycles. The second-order valence-electron chi connectivity index (χ2n) is 3.34. The molecule has 2 aromatic rings. The molecule has 0 bridgehead atoms. The summed E-state index contributed by atoms with van der Waals surface area (Å²) in [6.45, 7) is 1.87. The number of anilines is 1. The molecule has 0 saturated heterocycles. The van der Waals surface area contributed by atoms with Gasteiger partial charge in [-0.25, -0.2) is 4.98 Å². The van der Waals surface area contributed by atoms with Gasteiger partial charge in [0, 0.05) is 16.5 Å². The van der Waals surface area contributed by atoms with Crippen LogP contribution in [-0.4, -0.2) is 15.2 Å². The van der Waals surface area contributed by atoms with Gasteiger partial charge >= 0.3 is 0 Å². The zero-order valence-electron chi connectivity index (χ0n) is 8.70. The topological polar surface area (TPSA) is 67.6 Å². The van der Waals surface area contributed by atoms with Gasteiger partial charge < -0.3 is 5.73 Å². The third-order valence-electron chi connectivity index (χ3n) is 2.04. The van der Waals surface area contributed by atoms with Crippen LogP contribution in [0.3, 0.4) is 0 Å². The Balaban J connectivity index is 2.04. The highest BCUT2D eigenvalue weighted by Crippen LogP contribution is 2.25. The van der Waals surface area contributed by atoms with E-state index in [0.29, 0.717) is 10.7 Å². The molecule has 0 spiro atoms. The quantitative estimate of drug-likeness (QED) is 0.653. The lowest BCUT2D eigenvalue weighted by Gasteiger charge is -2.03. The Morgan fingerprint density at radius 2 is 2.31 bits per heavy atom. The molecule has 0 fully saturated rings. The molecule has 84 valence electrons. The van der Waals surface area contributed by atoms with Crippen LogP contribution < -0.4 is 5.73 Å². The Hall–Kier alpha value is -1.20. The highest BCUT2D eigenvalue weighted by atomic mass is 35.5. The van der Waals surface area contributed by atoms with E-state index >= 15 is 0 Å². The highest BCUT2D eigenvalue weighted by molar-refractivity contribution is 7.98. The minimum absolute atomic E-state index is 0.653. The van der Waals surface area contributed by atoms with Crippen LogP contribution in [0.5, 0.6) is 0 Å². The smallest absolute Gasteiger partial charge is 0.208 e. The molecule has 6 heteroatoms. The van der Waals surface area contributed by atoms with Crippen molar-refractivity contribution in [2.24, 2.45) is 0 Å². The third-order valence-corrected chi connectivity index (χ3v) is 3.17. The van der Waals surface area contributed by atoms with Crippen LogP contribution in [0.2, 0.25) is 5.02 Å². The lowest BCUT2D eigenvalue weighted by Crippen LogP contribution is -1.92. The number of rotatable bonds is 3. The summed E-state index contributed by atoms with van der Waals surface area (Å²) in [6, 6.07) is 5.50. The zero-order chi connectivity index (χ0) is 11.5. The molecule has 1 aromatic carbocycles. The van der Waals surface area contributed by atoms with Crippen molar-refractivity contribution in [3.8, 4) is 0 Å². The van der Waals surface area contributed by atoms with Gasteiger partial charge in [-0.15, -0.1) is 5.10 Å². The number of nitrogens with zero attached hydrogens (tertiary/aromatic N) is 2. The summed E-state index contributed by atoms with van der Waals surface area (Å²) in [5.74, 6) is 1.55. The maximum Gasteiger partial charge on any atom is 0.208 e. The van der Waals surface area contributed by atoms with Crippen molar-refractivity contribution >= 4 is 29.1 Å². The molecule has 0 aliphatic rings. The molecule has 0 atom stereocenters. The fourth-order valence-corrected chi connectivity index (χ4v) is 2.27. The van der Waals surface area contributed by atoms with Gasteiger partial charge in [0.1, 0.15) is 5.82 Å². The largest absolute Gasteiger partial charge is 0.398 e. The van der Waals surface area contributed by atoms with Crippen LogP contribution in [-0.2, 0) is 5.75 Å². The third kappa shape index (κ3) is 2.68. The maximum atomic E-state index is 5.84. The Kier molecular flexibility index (Phi) is 3.36. The van der Waals surface area contributed by atoms with E-state index in [1.54, 1.807) is 6.07 Å². The van der Waals surface area contributed by atoms with Crippen molar-refractivity contribution < 1.29 is 0 Å². The molecule has 16 heavy (non-hydrogen) atoms. The zero-order valence-corrected chi connectivity index (χ0v) is 10.3. The van der Waals surface area contributed by atoms with E-state index in [-0.39, 0.29) is 0 Å². The van der Waals surface area contributed by atoms with E-state index in [1.165, 1.54) is 11.8 Å². The summed E-state index contributed by atoms with van der Waals surface area (Å²) < 4.78 is 0. The van der Waals surface area contributed by atoms with E-state index in [9.17, 15) is 0 Å². The van der Waals surface area contributed by atoms with Gasteiger partial charge in [0.25, 0.3) is 0 Å². The molecule has 0 aliphatic heterocycles. The number of aromatic nitrogens is 3. The molecular formula is C10H11ClN4S. The lowest BCUT2D eigenvalue weighted by molar-refractivity contribution is 0.969. The van der Waals surface area contributed by atoms with E-state index in [4.69, 9.17) is 17.3 Å². The summed E-state index contributed by atoms with van der Waals surface area (Å²) in [4.78, 5) is 4.20. The van der Waals surface area contributed by atoms with E-state index in [1.807, 2.05) is 19.1 Å². The number of aryl methyl sites for hydroxylation is 1. The molecule has 4 nitrogen and oxygen atoms in total. The first-order chi connectivity index (χ1) is 7.65. The standard InChI is InChI=1S/C10H11ClN4S/c1-6-13-10(15-14-6)16-5-7-2-3-8(11)4-9(7)12/h2-4H,5,12H2,1H3,(H,13,14,15). The maximum absolute atomic E-state index is 5.84. The van der Waals surface area contributed by atoms with Crippen LogP contribution in [0.4, 0.5) is 5.69 Å². The number of nitrogens with one attached hydrogen (secondary N) is 1. The van der Waals surface area contributed by atoms with Crippen LogP contribution in [0.25, 0.3) is 0 Å². The number of thioether (sulfide) groups is 1. The number of hydrogen-bond acceptors (Lipinski definition) is 4. The Bertz CT molecular complexity index is 497. The summed E-state index contributed by atoms with van der Waals surface area (Å²) >= 11 is 7.36. The van der Waals surface area contributed by atoms with E-state index in [2.05, 4.69) is 15.2 Å². The first-order valence-corrected chi connectivity index (χ1v) is 6.07. The normalized spacial score (nSPS) is 10.6. The number of nitrogens with two attached hydrogens (primary N) is 1. The Morgan fingerprint density at radius 1 is 1.50 bits per heavy atom. The summed E-state index contributed by atoms with van der Waals surface area (Å²) in [5.41, 5.74) is 7.58. The molecule has 0 radical (unpaired) electrons. The number of nitrogen functional groups attached to an aromatic ring is 1. The van der Waals surface area contributed by atoms with Crippen LogP contribution in [0.1, 0.15) is 11.4 Å². The minimum Gasteiger partial charge on any atom is -0.398 e. The molecular weight excluding hydrogens is 244 g/mol. The number of H-pyrrole nitrogens is 1. The van der Waals surface area contributed by atoms with E-state index in [0.717, 1.165) is 22.3 Å². The fraction of sp³-hybridized carbons (Fsp3) is 0.200. The predicted octanol–water partition coefficient (Wildman–Crippen LogP) is 2.64. The Labute approximate surface area is 103 Å². The predicted molar refractivity (Wildman–Crippen MR) is 66.5 cm³/mol. The number of hydrogen-bond donors (Lipinski definition) is 2. The average Bonchev–Trinajstić information content (AvgIpc) is 2.63. The van der Waals surface area contributed by atoms with Crippen molar-refractivity contribution in [2.45, 2.75) is 17.8 Å². The number of aromatic amines is 1. The van der Waals surface area contributed by atoms with Gasteiger partial charge in [-0.2, -0.15) is 0 Å². The van der Waals surface area contributed by atoms with Gasteiger partial charge in [-0.3, -0.25) is 5.10 Å². The first kappa shape index (κ1) is 11.3. The number of halogens is 1. The van der Waals surface area contributed by atoms with Crippen LogP contribution >= 0.6 is 23.4 Å². The van der Waals surface area contributed by atoms with Gasteiger partial charge in [0.15, 0.2) is 0 Å². The van der Waals surface area contributed by atoms with Crippen LogP contribution in [0.15, 0.2) is 23.4 Å². The van der Waals surface area contributed by atoms with Crippen molar-refractivity contribution in [1.82, 2.24) is 15.2 Å². The lowest BCUT2D eigenvalue weighted by atomic mass is 10.2. The fourth-order valence-electron chi connectivity index (χ4n) is 1.23. The Morgan fingerprint density at radius 3 is 2.94 bits per heavy atom.